The normalized spacial score (nSPS) is 11.6. The highest BCUT2D eigenvalue weighted by molar-refractivity contribution is 6.24. The Morgan fingerprint density at radius 3 is 1.56 bits per heavy atom. The Morgan fingerprint density at radius 2 is 0.920 bits per heavy atom. The topological polar surface area (TPSA) is 56.7 Å². The smallest absolute Gasteiger partial charge is 0.164 e. The summed E-state index contributed by atoms with van der Waals surface area (Å²) in [5.74, 6) is 1.91. The van der Waals surface area contributed by atoms with E-state index in [9.17, 15) is 0 Å². The minimum absolute atomic E-state index is 0.627. The van der Waals surface area contributed by atoms with Gasteiger partial charge in [0.2, 0.25) is 0 Å². The Balaban J connectivity index is 1.18. The van der Waals surface area contributed by atoms with Crippen LogP contribution in [0.2, 0.25) is 0 Å². The van der Waals surface area contributed by atoms with Crippen LogP contribution in [0.25, 0.3) is 94.7 Å². The molecule has 0 aliphatic rings. The molecular formula is C45H28N4O. The molecule has 0 amide bonds. The van der Waals surface area contributed by atoms with Crippen LogP contribution >= 0.6 is 0 Å². The number of hydrogen-bond donors (Lipinski definition) is 0. The molecule has 0 aliphatic heterocycles. The second kappa shape index (κ2) is 11.4. The van der Waals surface area contributed by atoms with E-state index in [1.54, 1.807) is 0 Å². The molecule has 10 aromatic rings. The van der Waals surface area contributed by atoms with Crippen molar-refractivity contribution in [2.45, 2.75) is 0 Å². The largest absolute Gasteiger partial charge is 0.456 e. The lowest BCUT2D eigenvalue weighted by atomic mass is 10.0. The zero-order chi connectivity index (χ0) is 33.0. The number of hydrogen-bond acceptors (Lipinski definition) is 4. The summed E-state index contributed by atoms with van der Waals surface area (Å²) in [5, 5.41) is 4.58. The molecule has 7 aromatic carbocycles. The first-order chi connectivity index (χ1) is 24.8. The molecule has 5 nitrogen and oxygen atoms in total. The van der Waals surface area contributed by atoms with Crippen molar-refractivity contribution in [1.29, 1.82) is 0 Å². The third-order valence-corrected chi connectivity index (χ3v) is 9.46. The first kappa shape index (κ1) is 28.2. The molecule has 3 aromatic heterocycles. The quantitative estimate of drug-likeness (QED) is 0.188. The van der Waals surface area contributed by atoms with Crippen molar-refractivity contribution in [2.24, 2.45) is 0 Å². The Morgan fingerprint density at radius 1 is 0.380 bits per heavy atom. The van der Waals surface area contributed by atoms with Gasteiger partial charge >= 0.3 is 0 Å². The molecule has 0 atom stereocenters. The SMILES string of the molecule is c1ccc(-c2ccc3c(c2)c2ccc4oc5ccccc5c4c2n3-c2ccc(-c3nc(-c4ccccc4)nc(-c4ccccc4)n3)cc2)cc1. The molecule has 50 heavy (non-hydrogen) atoms. The maximum Gasteiger partial charge on any atom is 0.164 e. The van der Waals surface area contributed by atoms with Crippen LogP contribution in [0.15, 0.2) is 174 Å². The number of fused-ring (bicyclic) bond motifs is 7. The van der Waals surface area contributed by atoms with Crippen molar-refractivity contribution in [1.82, 2.24) is 19.5 Å². The van der Waals surface area contributed by atoms with Gasteiger partial charge in [-0.1, -0.05) is 115 Å². The number of rotatable bonds is 5. The van der Waals surface area contributed by atoms with E-state index in [0.717, 1.165) is 55.3 Å². The molecule has 3 heterocycles. The summed E-state index contributed by atoms with van der Waals surface area (Å²) in [6.07, 6.45) is 0. The van der Waals surface area contributed by atoms with Gasteiger partial charge in [-0.05, 0) is 65.7 Å². The van der Waals surface area contributed by atoms with Crippen LogP contribution in [0.3, 0.4) is 0 Å². The maximum absolute atomic E-state index is 6.38. The minimum atomic E-state index is 0.627. The molecule has 0 radical (unpaired) electrons. The van der Waals surface area contributed by atoms with Gasteiger partial charge in [0.05, 0.1) is 16.4 Å². The van der Waals surface area contributed by atoms with Crippen LogP contribution in [0, 0.1) is 0 Å². The van der Waals surface area contributed by atoms with Crippen molar-refractivity contribution in [3.8, 4) is 51.0 Å². The fourth-order valence-electron chi connectivity index (χ4n) is 7.09. The maximum atomic E-state index is 6.38. The second-order valence-electron chi connectivity index (χ2n) is 12.5. The molecule has 0 N–H and O–H groups in total. The van der Waals surface area contributed by atoms with E-state index in [-0.39, 0.29) is 0 Å². The molecule has 5 heteroatoms. The number of para-hydroxylation sites is 1. The third kappa shape index (κ3) is 4.60. The highest BCUT2D eigenvalue weighted by Crippen LogP contribution is 2.42. The Bertz CT molecular complexity index is 2780. The molecule has 0 fully saturated rings. The monoisotopic (exact) mass is 640 g/mol. The van der Waals surface area contributed by atoms with Gasteiger partial charge in [0, 0.05) is 38.5 Å². The number of aromatic nitrogens is 4. The summed E-state index contributed by atoms with van der Waals surface area (Å²) in [6.45, 7) is 0. The van der Waals surface area contributed by atoms with Gasteiger partial charge in [-0.15, -0.1) is 0 Å². The molecule has 234 valence electrons. The van der Waals surface area contributed by atoms with Gasteiger partial charge in [-0.2, -0.15) is 0 Å². The van der Waals surface area contributed by atoms with Crippen molar-refractivity contribution in [3.05, 3.63) is 170 Å². The summed E-state index contributed by atoms with van der Waals surface area (Å²) in [6, 6.07) is 58.6. The predicted molar refractivity (Wildman–Crippen MR) is 203 cm³/mol. The Hall–Kier alpha value is -6.85. The first-order valence-corrected chi connectivity index (χ1v) is 16.7. The van der Waals surface area contributed by atoms with E-state index in [4.69, 9.17) is 19.4 Å². The van der Waals surface area contributed by atoms with E-state index in [1.807, 2.05) is 72.8 Å². The highest BCUT2D eigenvalue weighted by Gasteiger charge is 2.20. The van der Waals surface area contributed by atoms with E-state index >= 15 is 0 Å². The summed E-state index contributed by atoms with van der Waals surface area (Å²) < 4.78 is 8.74. The van der Waals surface area contributed by atoms with Gasteiger partial charge < -0.3 is 8.98 Å². The molecule has 0 unspecified atom stereocenters. The number of benzene rings is 7. The lowest BCUT2D eigenvalue weighted by molar-refractivity contribution is 0.669. The van der Waals surface area contributed by atoms with Gasteiger partial charge in [-0.25, -0.2) is 15.0 Å². The molecule has 0 saturated carbocycles. The zero-order valence-electron chi connectivity index (χ0n) is 26.9. The van der Waals surface area contributed by atoms with E-state index in [0.29, 0.717) is 17.5 Å². The van der Waals surface area contributed by atoms with Crippen LogP contribution in [-0.2, 0) is 0 Å². The van der Waals surface area contributed by atoms with Crippen molar-refractivity contribution >= 4 is 43.7 Å². The number of furan rings is 1. The summed E-state index contributed by atoms with van der Waals surface area (Å²) in [7, 11) is 0. The zero-order valence-corrected chi connectivity index (χ0v) is 26.9. The van der Waals surface area contributed by atoms with Crippen LogP contribution in [-0.4, -0.2) is 19.5 Å². The van der Waals surface area contributed by atoms with E-state index in [1.165, 1.54) is 21.9 Å². The van der Waals surface area contributed by atoms with Crippen LogP contribution in [0.1, 0.15) is 0 Å². The number of nitrogens with zero attached hydrogens (tertiary/aromatic N) is 4. The minimum Gasteiger partial charge on any atom is -0.456 e. The van der Waals surface area contributed by atoms with Gasteiger partial charge in [-0.3, -0.25) is 0 Å². The fourth-order valence-corrected chi connectivity index (χ4v) is 7.09. The standard InChI is InChI=1S/C45H28N4O/c1-4-12-29(13-5-1)33-22-26-38-37(28-33)35-25-27-40-41(36-18-10-11-19-39(36)50-40)42(35)49(38)34-23-20-32(21-24-34)45-47-43(30-14-6-2-7-15-30)46-44(48-45)31-16-8-3-9-17-31/h1-28H. The van der Waals surface area contributed by atoms with Gasteiger partial charge in [0.1, 0.15) is 11.2 Å². The van der Waals surface area contributed by atoms with Crippen molar-refractivity contribution in [2.75, 3.05) is 0 Å². The molecule has 0 spiro atoms. The summed E-state index contributed by atoms with van der Waals surface area (Å²) >= 11 is 0. The summed E-state index contributed by atoms with van der Waals surface area (Å²) in [5.41, 5.74) is 10.2. The molecule has 0 saturated heterocycles. The summed E-state index contributed by atoms with van der Waals surface area (Å²) in [4.78, 5) is 14.8. The average molecular weight is 641 g/mol. The molecular weight excluding hydrogens is 613 g/mol. The van der Waals surface area contributed by atoms with Crippen molar-refractivity contribution < 1.29 is 4.42 Å². The van der Waals surface area contributed by atoms with E-state index < -0.39 is 0 Å². The van der Waals surface area contributed by atoms with E-state index in [2.05, 4.69) is 102 Å². The van der Waals surface area contributed by atoms with Crippen LogP contribution in [0.4, 0.5) is 0 Å². The third-order valence-electron chi connectivity index (χ3n) is 9.46. The van der Waals surface area contributed by atoms with Crippen LogP contribution in [0.5, 0.6) is 0 Å². The Labute approximate surface area is 287 Å². The second-order valence-corrected chi connectivity index (χ2v) is 12.5. The average Bonchev–Trinajstić information content (AvgIpc) is 3.74. The molecule has 0 aliphatic carbocycles. The van der Waals surface area contributed by atoms with Crippen LogP contribution < -0.4 is 0 Å². The molecule has 10 rings (SSSR count). The van der Waals surface area contributed by atoms with Crippen molar-refractivity contribution in [3.63, 3.8) is 0 Å². The molecule has 0 bridgehead atoms. The first-order valence-electron chi connectivity index (χ1n) is 16.7. The van der Waals surface area contributed by atoms with Gasteiger partial charge in [0.25, 0.3) is 0 Å². The predicted octanol–water partition coefficient (Wildman–Crippen LogP) is 11.5. The Kier molecular flexibility index (Phi) is 6.42. The fraction of sp³-hybridized carbons (Fsp3) is 0. The highest BCUT2D eigenvalue weighted by atomic mass is 16.3. The van der Waals surface area contributed by atoms with Gasteiger partial charge in [0.15, 0.2) is 17.5 Å². The lowest BCUT2D eigenvalue weighted by Gasteiger charge is -2.11. The lowest BCUT2D eigenvalue weighted by Crippen LogP contribution is -2.00.